The summed E-state index contributed by atoms with van der Waals surface area (Å²) in [6.45, 7) is 9.59. The molecule has 1 amide bonds. The number of nitrogens with zero attached hydrogens (tertiary/aromatic N) is 1. The van der Waals surface area contributed by atoms with Crippen LogP contribution in [0.15, 0.2) is 58.4 Å². The number of rotatable bonds is 10. The second-order valence-corrected chi connectivity index (χ2v) is 14.4. The monoisotopic (exact) mass is 648 g/mol. The van der Waals surface area contributed by atoms with Crippen molar-refractivity contribution >= 4 is 22.1 Å². The molecule has 0 saturated heterocycles. The number of hydrogen-bond acceptors (Lipinski definition) is 7. The van der Waals surface area contributed by atoms with Crippen LogP contribution in [0.5, 0.6) is 5.75 Å². The lowest BCUT2D eigenvalue weighted by atomic mass is 9.88. The van der Waals surface area contributed by atoms with Crippen molar-refractivity contribution in [1.82, 2.24) is 10.0 Å². The Morgan fingerprint density at radius 3 is 2.33 bits per heavy atom. The molecule has 3 aromatic rings. The van der Waals surface area contributed by atoms with Crippen molar-refractivity contribution < 1.29 is 27.8 Å². The summed E-state index contributed by atoms with van der Waals surface area (Å²) in [5.74, 6) is 0.471. The molecule has 246 valence electrons. The highest BCUT2D eigenvalue weighted by Crippen LogP contribution is 2.45. The third kappa shape index (κ3) is 6.85. The summed E-state index contributed by atoms with van der Waals surface area (Å²) in [6, 6.07) is 15.6. The molecule has 46 heavy (non-hydrogen) atoms. The molecule has 0 saturated carbocycles. The summed E-state index contributed by atoms with van der Waals surface area (Å²) in [5, 5.41) is 12.6. The van der Waals surface area contributed by atoms with Crippen molar-refractivity contribution in [3.05, 3.63) is 81.9 Å². The number of hydrogen-bond donors (Lipinski definition) is 4. The van der Waals surface area contributed by atoms with Crippen molar-refractivity contribution in [1.29, 1.82) is 0 Å². The Hall–Kier alpha value is -4.09. The molecule has 1 aliphatic carbocycles. The van der Waals surface area contributed by atoms with Crippen LogP contribution in [0.25, 0.3) is 11.1 Å². The SMILES string of the molecule is Cc1c(C)c(S(=O)(=O)NC(N)=NCCC[C@@H](CO)NC(=O)OCC2c3ccccc3-c3ccccc32)c(C)c2c1OC(C)(C)CC2. The number of nitrogens with two attached hydrogens (primary N) is 1. The fraction of sp³-hybridized carbons (Fsp3) is 0.429. The van der Waals surface area contributed by atoms with Gasteiger partial charge in [0.1, 0.15) is 18.0 Å². The van der Waals surface area contributed by atoms with E-state index in [2.05, 4.69) is 39.3 Å². The molecule has 3 aromatic carbocycles. The van der Waals surface area contributed by atoms with Gasteiger partial charge in [0, 0.05) is 12.5 Å². The van der Waals surface area contributed by atoms with Crippen LogP contribution in [0.2, 0.25) is 0 Å². The number of fused-ring (bicyclic) bond motifs is 4. The van der Waals surface area contributed by atoms with Gasteiger partial charge in [-0.25, -0.2) is 17.9 Å². The molecule has 1 heterocycles. The number of sulfonamides is 1. The highest BCUT2D eigenvalue weighted by atomic mass is 32.2. The van der Waals surface area contributed by atoms with Crippen LogP contribution in [0.3, 0.4) is 0 Å². The molecule has 0 radical (unpaired) electrons. The summed E-state index contributed by atoms with van der Waals surface area (Å²) in [6.07, 6.45) is 1.72. The predicted octanol–water partition coefficient (Wildman–Crippen LogP) is 4.99. The Morgan fingerprint density at radius 2 is 1.70 bits per heavy atom. The zero-order valence-electron chi connectivity index (χ0n) is 27.1. The van der Waals surface area contributed by atoms with Gasteiger partial charge in [-0.3, -0.25) is 4.99 Å². The quantitative estimate of drug-likeness (QED) is 0.137. The lowest BCUT2D eigenvalue weighted by Gasteiger charge is -2.35. The molecule has 10 nitrogen and oxygen atoms in total. The van der Waals surface area contributed by atoms with Gasteiger partial charge < -0.3 is 25.6 Å². The molecule has 0 unspecified atom stereocenters. The maximum atomic E-state index is 13.4. The minimum atomic E-state index is -4.01. The van der Waals surface area contributed by atoms with Crippen LogP contribution < -0.4 is 20.5 Å². The average Bonchev–Trinajstić information content (AvgIpc) is 3.33. The number of aliphatic hydroxyl groups excluding tert-OH is 1. The van der Waals surface area contributed by atoms with E-state index in [9.17, 15) is 18.3 Å². The summed E-state index contributed by atoms with van der Waals surface area (Å²) in [5.41, 5.74) is 13.2. The lowest BCUT2D eigenvalue weighted by molar-refractivity contribution is 0.0832. The number of amides is 1. The molecule has 1 atom stereocenters. The second kappa shape index (κ2) is 13.3. The number of carbonyl (C=O) groups is 1. The van der Waals surface area contributed by atoms with Crippen LogP contribution in [-0.4, -0.2) is 57.0 Å². The van der Waals surface area contributed by atoms with E-state index in [1.807, 2.05) is 45.0 Å². The Balaban J connectivity index is 1.13. The number of carbonyl (C=O) groups excluding carboxylic acids is 1. The van der Waals surface area contributed by atoms with Gasteiger partial charge in [0.05, 0.1) is 17.5 Å². The molecule has 0 bridgehead atoms. The summed E-state index contributed by atoms with van der Waals surface area (Å²) in [7, 11) is -4.01. The van der Waals surface area contributed by atoms with E-state index in [0.29, 0.717) is 24.0 Å². The molecular formula is C35H44N4O6S. The minimum absolute atomic E-state index is 0.0647. The normalized spacial score (nSPS) is 16.1. The molecule has 1 aliphatic heterocycles. The molecular weight excluding hydrogens is 604 g/mol. The van der Waals surface area contributed by atoms with E-state index in [-0.39, 0.29) is 42.1 Å². The van der Waals surface area contributed by atoms with Crippen molar-refractivity contribution in [2.24, 2.45) is 10.7 Å². The van der Waals surface area contributed by atoms with Crippen molar-refractivity contribution in [3.63, 3.8) is 0 Å². The van der Waals surface area contributed by atoms with E-state index in [0.717, 1.165) is 52.0 Å². The lowest BCUT2D eigenvalue weighted by Crippen LogP contribution is -2.39. The topological polar surface area (TPSA) is 152 Å². The minimum Gasteiger partial charge on any atom is -0.487 e. The number of benzene rings is 3. The summed E-state index contributed by atoms with van der Waals surface area (Å²) < 4.78 is 41.1. The first-order chi connectivity index (χ1) is 21.8. The first kappa shape index (κ1) is 33.3. The number of nitrogens with one attached hydrogen (secondary N) is 2. The maximum Gasteiger partial charge on any atom is 0.407 e. The maximum absolute atomic E-state index is 13.4. The first-order valence-electron chi connectivity index (χ1n) is 15.7. The van der Waals surface area contributed by atoms with Gasteiger partial charge >= 0.3 is 6.09 Å². The van der Waals surface area contributed by atoms with Crippen molar-refractivity contribution in [2.75, 3.05) is 19.8 Å². The smallest absolute Gasteiger partial charge is 0.407 e. The van der Waals surface area contributed by atoms with Gasteiger partial charge in [-0.05, 0) is 105 Å². The Morgan fingerprint density at radius 1 is 1.07 bits per heavy atom. The zero-order chi connectivity index (χ0) is 33.2. The van der Waals surface area contributed by atoms with Gasteiger partial charge in [0.25, 0.3) is 10.0 Å². The number of aliphatic imine (C=N–C) groups is 1. The second-order valence-electron chi connectivity index (χ2n) is 12.7. The van der Waals surface area contributed by atoms with Gasteiger partial charge in [0.15, 0.2) is 0 Å². The van der Waals surface area contributed by atoms with Crippen LogP contribution >= 0.6 is 0 Å². The Labute approximate surface area is 271 Å². The average molecular weight is 649 g/mol. The first-order valence-corrected chi connectivity index (χ1v) is 17.2. The highest BCUT2D eigenvalue weighted by Gasteiger charge is 2.34. The largest absolute Gasteiger partial charge is 0.487 e. The van der Waals surface area contributed by atoms with E-state index >= 15 is 0 Å². The third-order valence-electron chi connectivity index (χ3n) is 9.05. The molecule has 11 heteroatoms. The molecule has 0 spiro atoms. The summed E-state index contributed by atoms with van der Waals surface area (Å²) in [4.78, 5) is 17.0. The third-order valence-corrected chi connectivity index (χ3v) is 10.7. The van der Waals surface area contributed by atoms with E-state index < -0.39 is 22.2 Å². The van der Waals surface area contributed by atoms with Crippen LogP contribution in [0.1, 0.15) is 72.4 Å². The molecule has 5 rings (SSSR count). The fourth-order valence-electron chi connectivity index (χ4n) is 6.53. The van der Waals surface area contributed by atoms with Gasteiger partial charge in [-0.15, -0.1) is 0 Å². The molecule has 0 aromatic heterocycles. The number of aliphatic hydroxyl groups is 1. The molecule has 5 N–H and O–H groups in total. The van der Waals surface area contributed by atoms with Crippen molar-refractivity contribution in [2.45, 2.75) is 82.8 Å². The fourth-order valence-corrected chi connectivity index (χ4v) is 8.05. The zero-order valence-corrected chi connectivity index (χ0v) is 28.0. The van der Waals surface area contributed by atoms with Crippen molar-refractivity contribution in [3.8, 4) is 16.9 Å². The van der Waals surface area contributed by atoms with Gasteiger partial charge in [0.2, 0.25) is 5.96 Å². The van der Waals surface area contributed by atoms with Gasteiger partial charge in [-0.2, -0.15) is 0 Å². The van der Waals surface area contributed by atoms with Crippen LogP contribution in [0, 0.1) is 20.8 Å². The van der Waals surface area contributed by atoms with E-state index in [1.165, 1.54) is 0 Å². The standard InChI is InChI=1S/C35H44N4O6S/c1-21-22(2)32(23(3)25-16-17-35(4,5)45-31(21)25)46(42,43)39-33(36)37-18-10-11-24(19-40)38-34(41)44-20-30-28-14-8-6-12-26(28)27-13-7-9-15-29(27)30/h6-9,12-15,24,30,40H,10-11,16-20H2,1-5H3,(H,38,41)(H3,36,37,39)/t24-/m0/s1. The van der Waals surface area contributed by atoms with E-state index in [1.54, 1.807) is 13.8 Å². The predicted molar refractivity (Wildman–Crippen MR) is 179 cm³/mol. The number of alkyl carbamates (subject to hydrolysis) is 1. The molecule has 0 fully saturated rings. The highest BCUT2D eigenvalue weighted by molar-refractivity contribution is 7.90. The van der Waals surface area contributed by atoms with Crippen LogP contribution in [-0.2, 0) is 21.2 Å². The summed E-state index contributed by atoms with van der Waals surface area (Å²) >= 11 is 0. The van der Waals surface area contributed by atoms with E-state index in [4.69, 9.17) is 15.2 Å². The Kier molecular flexibility index (Phi) is 9.65. The number of guanidine groups is 1. The Bertz CT molecular complexity index is 1720. The molecule has 2 aliphatic rings. The number of ether oxygens (including phenoxy) is 2. The van der Waals surface area contributed by atoms with Gasteiger partial charge in [-0.1, -0.05) is 48.5 Å². The van der Waals surface area contributed by atoms with Crippen LogP contribution in [0.4, 0.5) is 4.79 Å².